The molecule has 5 rings (SSSR count). The van der Waals surface area contributed by atoms with Gasteiger partial charge in [-0.25, -0.2) is 9.97 Å². The second kappa shape index (κ2) is 10.7. The number of para-hydroxylation sites is 2. The molecule has 3 heterocycles. The smallest absolute Gasteiger partial charge is 0.262 e. The Kier molecular flexibility index (Phi) is 7.26. The lowest BCUT2D eigenvalue weighted by Crippen LogP contribution is -2.28. The van der Waals surface area contributed by atoms with E-state index in [4.69, 9.17) is 9.72 Å². The van der Waals surface area contributed by atoms with Crippen molar-refractivity contribution in [2.45, 2.75) is 49.7 Å². The minimum absolute atomic E-state index is 0.0349. The molecule has 1 aliphatic heterocycles. The fourth-order valence-corrected chi connectivity index (χ4v) is 5.89. The normalized spacial score (nSPS) is 15.5. The molecule has 2 aromatic carbocycles. The van der Waals surface area contributed by atoms with Crippen molar-refractivity contribution in [3.63, 3.8) is 0 Å². The van der Waals surface area contributed by atoms with E-state index in [0.717, 1.165) is 41.4 Å². The van der Waals surface area contributed by atoms with E-state index < -0.39 is 0 Å². The van der Waals surface area contributed by atoms with Crippen molar-refractivity contribution in [3.8, 4) is 0 Å². The average Bonchev–Trinajstić information content (AvgIpc) is 3.53. The maximum Gasteiger partial charge on any atom is 0.262 e. The monoisotopic (exact) mass is 506 g/mol. The molecule has 4 aromatic rings. The number of fused-ring (bicyclic) bond motifs is 1. The molecule has 1 saturated heterocycles. The van der Waals surface area contributed by atoms with Crippen molar-refractivity contribution in [2.75, 3.05) is 11.9 Å². The Balaban J connectivity index is 1.29. The maximum absolute atomic E-state index is 13.2. The van der Waals surface area contributed by atoms with Gasteiger partial charge in [-0.1, -0.05) is 42.1 Å². The SMILES string of the molecule is Cc1ccccc1NC(=O)Cc1nc(CSc2nc3ccccc3c(=O)n2C[C@@H]2CCCO2)cs1. The molecule has 0 aliphatic carbocycles. The van der Waals surface area contributed by atoms with E-state index >= 15 is 0 Å². The number of benzene rings is 2. The van der Waals surface area contributed by atoms with Crippen molar-refractivity contribution < 1.29 is 9.53 Å². The number of thioether (sulfide) groups is 1. The molecule has 1 fully saturated rings. The first kappa shape index (κ1) is 23.7. The van der Waals surface area contributed by atoms with Gasteiger partial charge in [-0.3, -0.25) is 14.2 Å². The lowest BCUT2D eigenvalue weighted by Gasteiger charge is -2.16. The van der Waals surface area contributed by atoms with Crippen LogP contribution in [0.2, 0.25) is 0 Å². The number of rotatable bonds is 8. The van der Waals surface area contributed by atoms with Crippen LogP contribution in [0.1, 0.15) is 29.1 Å². The standard InChI is InChI=1S/C26H26N4O3S2/c1-17-7-2-4-10-21(17)28-23(31)13-24-27-18(15-34-24)16-35-26-29-22-11-5-3-9-20(22)25(32)30(26)14-19-8-6-12-33-19/h2-5,7,9-11,15,19H,6,8,12-14,16H2,1H3,(H,28,31)/t19-/m0/s1. The topological polar surface area (TPSA) is 86.1 Å². The van der Waals surface area contributed by atoms with Crippen LogP contribution in [0.25, 0.3) is 10.9 Å². The number of ether oxygens (including phenoxy) is 1. The Bertz CT molecular complexity index is 1410. The average molecular weight is 507 g/mol. The third-order valence-electron chi connectivity index (χ3n) is 5.92. The molecule has 0 unspecified atom stereocenters. The van der Waals surface area contributed by atoms with Gasteiger partial charge in [0, 0.05) is 23.4 Å². The number of thiazole rings is 1. The first-order valence-electron chi connectivity index (χ1n) is 11.6. The molecule has 1 aliphatic rings. The summed E-state index contributed by atoms with van der Waals surface area (Å²) < 4.78 is 7.53. The van der Waals surface area contributed by atoms with Crippen molar-refractivity contribution in [1.82, 2.24) is 14.5 Å². The zero-order chi connectivity index (χ0) is 24.2. The van der Waals surface area contributed by atoms with Crippen molar-refractivity contribution in [1.29, 1.82) is 0 Å². The van der Waals surface area contributed by atoms with Gasteiger partial charge >= 0.3 is 0 Å². The van der Waals surface area contributed by atoms with Gasteiger partial charge in [0.05, 0.1) is 35.7 Å². The van der Waals surface area contributed by atoms with Crippen LogP contribution in [-0.4, -0.2) is 33.2 Å². The molecule has 0 saturated carbocycles. The van der Waals surface area contributed by atoms with Crippen molar-refractivity contribution >= 4 is 45.6 Å². The summed E-state index contributed by atoms with van der Waals surface area (Å²) in [6.45, 7) is 3.20. The van der Waals surface area contributed by atoms with Gasteiger partial charge in [-0.15, -0.1) is 11.3 Å². The van der Waals surface area contributed by atoms with Crippen LogP contribution >= 0.6 is 23.1 Å². The van der Waals surface area contributed by atoms with Crippen LogP contribution < -0.4 is 10.9 Å². The summed E-state index contributed by atoms with van der Waals surface area (Å²) in [5, 5.41) is 6.96. The van der Waals surface area contributed by atoms with Crippen LogP contribution in [-0.2, 0) is 28.2 Å². The van der Waals surface area contributed by atoms with E-state index in [9.17, 15) is 9.59 Å². The quantitative estimate of drug-likeness (QED) is 0.273. The minimum atomic E-state index is -0.0885. The van der Waals surface area contributed by atoms with Gasteiger partial charge in [0.2, 0.25) is 5.91 Å². The van der Waals surface area contributed by atoms with E-state index in [1.807, 2.05) is 60.8 Å². The number of carbonyl (C=O) groups is 1. The van der Waals surface area contributed by atoms with E-state index in [0.29, 0.717) is 28.4 Å². The molecule has 1 atom stereocenters. The summed E-state index contributed by atoms with van der Waals surface area (Å²) in [5.41, 5.74) is 3.35. The fraction of sp³-hybridized carbons (Fsp3) is 0.308. The third kappa shape index (κ3) is 5.63. The lowest BCUT2D eigenvalue weighted by atomic mass is 10.2. The Labute approximate surface area is 211 Å². The van der Waals surface area contributed by atoms with Crippen LogP contribution in [0.3, 0.4) is 0 Å². The molecular weight excluding hydrogens is 480 g/mol. The Morgan fingerprint density at radius 1 is 1.20 bits per heavy atom. The number of hydrogen-bond acceptors (Lipinski definition) is 7. The van der Waals surface area contributed by atoms with Gasteiger partial charge in [-0.05, 0) is 43.5 Å². The number of hydrogen-bond donors (Lipinski definition) is 1. The second-order valence-electron chi connectivity index (χ2n) is 8.52. The highest BCUT2D eigenvalue weighted by Crippen LogP contribution is 2.25. The molecule has 1 N–H and O–H groups in total. The first-order chi connectivity index (χ1) is 17.1. The number of nitrogens with one attached hydrogen (secondary N) is 1. The summed E-state index contributed by atoms with van der Waals surface area (Å²) >= 11 is 2.96. The molecule has 35 heavy (non-hydrogen) atoms. The number of nitrogens with zero attached hydrogens (tertiary/aromatic N) is 3. The summed E-state index contributed by atoms with van der Waals surface area (Å²) in [6.07, 6.45) is 2.22. The Morgan fingerprint density at radius 2 is 2.03 bits per heavy atom. The third-order valence-corrected chi connectivity index (χ3v) is 7.82. The van der Waals surface area contributed by atoms with Crippen molar-refractivity contribution in [3.05, 3.63) is 80.5 Å². The Hall–Kier alpha value is -3.01. The number of aromatic nitrogens is 3. The predicted molar refractivity (Wildman–Crippen MR) is 140 cm³/mol. The van der Waals surface area contributed by atoms with E-state index in [-0.39, 0.29) is 24.0 Å². The van der Waals surface area contributed by atoms with Gasteiger partial charge in [0.1, 0.15) is 5.01 Å². The van der Waals surface area contributed by atoms with Crippen LogP contribution in [0.4, 0.5) is 5.69 Å². The van der Waals surface area contributed by atoms with Gasteiger partial charge in [0.15, 0.2) is 5.16 Å². The van der Waals surface area contributed by atoms with Crippen LogP contribution in [0, 0.1) is 6.92 Å². The molecule has 0 bridgehead atoms. The summed E-state index contributed by atoms with van der Waals surface area (Å²) in [6, 6.07) is 15.1. The zero-order valence-corrected chi connectivity index (χ0v) is 21.0. The predicted octanol–water partition coefficient (Wildman–Crippen LogP) is 4.81. The maximum atomic E-state index is 13.2. The molecule has 2 aromatic heterocycles. The van der Waals surface area contributed by atoms with Gasteiger partial charge in [-0.2, -0.15) is 0 Å². The van der Waals surface area contributed by atoms with E-state index in [1.165, 1.54) is 23.1 Å². The number of amides is 1. The summed E-state index contributed by atoms with van der Waals surface area (Å²) in [7, 11) is 0. The van der Waals surface area contributed by atoms with Gasteiger partial charge < -0.3 is 10.1 Å². The lowest BCUT2D eigenvalue weighted by molar-refractivity contribution is -0.115. The second-order valence-corrected chi connectivity index (χ2v) is 10.4. The van der Waals surface area contributed by atoms with Crippen LogP contribution in [0.5, 0.6) is 0 Å². The zero-order valence-electron chi connectivity index (χ0n) is 19.4. The molecule has 180 valence electrons. The largest absolute Gasteiger partial charge is 0.376 e. The molecule has 0 spiro atoms. The number of anilines is 1. The minimum Gasteiger partial charge on any atom is -0.376 e. The molecule has 1 amide bonds. The van der Waals surface area contributed by atoms with Crippen molar-refractivity contribution in [2.24, 2.45) is 0 Å². The Morgan fingerprint density at radius 3 is 2.86 bits per heavy atom. The highest BCUT2D eigenvalue weighted by atomic mass is 32.2. The van der Waals surface area contributed by atoms with E-state index in [2.05, 4.69) is 10.3 Å². The summed E-state index contributed by atoms with van der Waals surface area (Å²) in [4.78, 5) is 35.2. The van der Waals surface area contributed by atoms with Crippen LogP contribution in [0.15, 0.2) is 63.9 Å². The summed E-state index contributed by atoms with van der Waals surface area (Å²) in [5.74, 6) is 0.473. The molecule has 0 radical (unpaired) electrons. The molecular formula is C26H26N4O3S2. The fourth-order valence-electron chi connectivity index (χ4n) is 4.09. The van der Waals surface area contributed by atoms with E-state index in [1.54, 1.807) is 4.57 Å². The number of aryl methyl sites for hydroxylation is 1. The highest BCUT2D eigenvalue weighted by molar-refractivity contribution is 7.98. The first-order valence-corrected chi connectivity index (χ1v) is 13.5. The molecule has 9 heteroatoms. The molecule has 7 nitrogen and oxygen atoms in total. The number of carbonyl (C=O) groups excluding carboxylic acids is 1. The highest BCUT2D eigenvalue weighted by Gasteiger charge is 2.20. The van der Waals surface area contributed by atoms with Gasteiger partial charge in [0.25, 0.3) is 5.56 Å².